The number of benzene rings is 1. The van der Waals surface area contributed by atoms with Crippen molar-refractivity contribution >= 4 is 19.7 Å². The lowest BCUT2D eigenvalue weighted by atomic mass is 10.2. The summed E-state index contributed by atoms with van der Waals surface area (Å²) in [5.74, 6) is 0. The Balaban J connectivity index is 2.60. The van der Waals surface area contributed by atoms with Crippen LogP contribution in [-0.2, 0) is 19.7 Å². The summed E-state index contributed by atoms with van der Waals surface area (Å²) in [5.41, 5.74) is -6.34. The lowest BCUT2D eigenvalue weighted by Crippen LogP contribution is -2.38. The molecule has 4 nitrogen and oxygen atoms in total. The van der Waals surface area contributed by atoms with E-state index in [2.05, 4.69) is 0 Å². The zero-order valence-corrected chi connectivity index (χ0v) is 13.3. The Morgan fingerprint density at radius 3 is 2.00 bits per heavy atom. The van der Waals surface area contributed by atoms with Crippen molar-refractivity contribution in [3.8, 4) is 0 Å². The molecule has 23 heavy (non-hydrogen) atoms. The fourth-order valence-corrected chi connectivity index (χ4v) is 6.72. The van der Waals surface area contributed by atoms with Crippen molar-refractivity contribution in [1.82, 2.24) is 0 Å². The van der Waals surface area contributed by atoms with E-state index in [4.69, 9.17) is 0 Å². The van der Waals surface area contributed by atoms with Crippen LogP contribution in [0.5, 0.6) is 0 Å². The van der Waals surface area contributed by atoms with Crippen LogP contribution in [0.4, 0.5) is 17.6 Å². The molecule has 0 aliphatic heterocycles. The summed E-state index contributed by atoms with van der Waals surface area (Å²) in [6.07, 6.45) is -2.32. The molecule has 10 heteroatoms. The van der Waals surface area contributed by atoms with Crippen LogP contribution < -0.4 is 0 Å². The highest BCUT2D eigenvalue weighted by atomic mass is 32.3. The van der Waals surface area contributed by atoms with E-state index in [1.165, 1.54) is 18.2 Å². The molecule has 0 spiro atoms. The van der Waals surface area contributed by atoms with Gasteiger partial charge in [-0.1, -0.05) is 6.07 Å². The summed E-state index contributed by atoms with van der Waals surface area (Å²) in [5, 5.41) is -1.48. The highest BCUT2D eigenvalue weighted by molar-refractivity contribution is 8.13. The summed E-state index contributed by atoms with van der Waals surface area (Å²) in [7, 11) is -11.0. The van der Waals surface area contributed by atoms with Gasteiger partial charge in [-0.05, 0) is 19.3 Å². The molecule has 0 radical (unpaired) electrons. The van der Waals surface area contributed by atoms with Gasteiger partial charge in [0.2, 0.25) is 9.84 Å². The first-order chi connectivity index (χ1) is 10.5. The zero-order chi connectivity index (χ0) is 17.5. The third-order valence-electron chi connectivity index (χ3n) is 3.58. The van der Waals surface area contributed by atoms with Gasteiger partial charge in [0.1, 0.15) is 16.0 Å². The number of hydrogen-bond donors (Lipinski definition) is 0. The third-order valence-corrected chi connectivity index (χ3v) is 8.32. The molecule has 1 aliphatic rings. The van der Waals surface area contributed by atoms with Crippen LogP contribution in [0, 0.1) is 4.58 Å². The predicted octanol–water partition coefficient (Wildman–Crippen LogP) is 2.76. The van der Waals surface area contributed by atoms with Crippen molar-refractivity contribution in [3.63, 3.8) is 0 Å². The van der Waals surface area contributed by atoms with E-state index in [0.717, 1.165) is 12.1 Å². The molecule has 1 saturated carbocycles. The highest BCUT2D eigenvalue weighted by Gasteiger charge is 2.54. The first-order valence-corrected chi connectivity index (χ1v) is 9.62. The number of sulfone groups is 2. The molecule has 1 aliphatic carbocycles. The lowest BCUT2D eigenvalue weighted by molar-refractivity contribution is -0.0429. The topological polar surface area (TPSA) is 68.3 Å². The molecule has 0 amide bonds. The highest BCUT2D eigenvalue weighted by Crippen LogP contribution is 2.42. The second-order valence-electron chi connectivity index (χ2n) is 5.18. The van der Waals surface area contributed by atoms with Gasteiger partial charge in [0, 0.05) is 0 Å². The maximum Gasteiger partial charge on any atom is 0.491 e. The summed E-state index contributed by atoms with van der Waals surface area (Å²) in [4.78, 5) is 0. The van der Waals surface area contributed by atoms with E-state index in [9.17, 15) is 34.4 Å². The zero-order valence-electron chi connectivity index (χ0n) is 11.6. The molecular weight excluding hydrogens is 360 g/mol. The third kappa shape index (κ3) is 3.32. The molecule has 1 aromatic carbocycles. The van der Waals surface area contributed by atoms with E-state index in [1.54, 1.807) is 0 Å². The van der Waals surface area contributed by atoms with Crippen molar-refractivity contribution in [3.05, 3.63) is 40.5 Å². The fraction of sp³-hybridized carbons (Fsp3) is 0.462. The first-order valence-electron chi connectivity index (χ1n) is 6.59. The van der Waals surface area contributed by atoms with Crippen molar-refractivity contribution in [1.29, 1.82) is 0 Å². The van der Waals surface area contributed by atoms with Crippen LogP contribution in [0.1, 0.15) is 24.8 Å². The lowest BCUT2D eigenvalue weighted by Gasteiger charge is -2.28. The van der Waals surface area contributed by atoms with Gasteiger partial charge >= 0.3 is 5.51 Å². The largest absolute Gasteiger partial charge is 0.491 e. The molecule has 2 unspecified atom stereocenters. The van der Waals surface area contributed by atoms with Crippen LogP contribution in [-0.4, -0.2) is 33.8 Å². The molecule has 130 valence electrons. The molecule has 0 N–H and O–H groups in total. The number of halogens is 4. The quantitative estimate of drug-likeness (QED) is 0.601. The number of rotatable bonds is 4. The van der Waals surface area contributed by atoms with Crippen LogP contribution in [0.3, 0.4) is 0 Å². The molecule has 0 saturated heterocycles. The molecule has 2 rings (SSSR count). The molecule has 0 bridgehead atoms. The van der Waals surface area contributed by atoms with Gasteiger partial charge in [0.25, 0.3) is 0 Å². The molecule has 2 atom stereocenters. The maximum absolute atomic E-state index is 13.3. The molecule has 0 aromatic heterocycles. The van der Waals surface area contributed by atoms with E-state index in [-0.39, 0.29) is 12.8 Å². The predicted molar refractivity (Wildman–Crippen MR) is 75.2 cm³/mol. The summed E-state index contributed by atoms with van der Waals surface area (Å²) in [6, 6.07) is 5.80. The Kier molecular flexibility index (Phi) is 4.69. The van der Waals surface area contributed by atoms with Crippen molar-refractivity contribution in [2.75, 3.05) is 0 Å². The van der Waals surface area contributed by atoms with E-state index in [1.807, 2.05) is 0 Å². The molecule has 0 heterocycles. The SMILES string of the molecule is O=S(=O)([C-](c1ccccc1)S(=O)(=O)C(F)(F)F)C1CCC(F)C1. The van der Waals surface area contributed by atoms with Gasteiger partial charge in [-0.25, -0.2) is 21.2 Å². The van der Waals surface area contributed by atoms with Crippen molar-refractivity contribution in [2.24, 2.45) is 0 Å². The van der Waals surface area contributed by atoms with Gasteiger partial charge in [-0.2, -0.15) is 30.9 Å². The van der Waals surface area contributed by atoms with Gasteiger partial charge in [-0.15, -0.1) is 12.1 Å². The second-order valence-corrected chi connectivity index (χ2v) is 9.48. The maximum atomic E-state index is 13.3. The van der Waals surface area contributed by atoms with Crippen LogP contribution in [0.15, 0.2) is 30.3 Å². The Hall–Kier alpha value is -1.29. The molecule has 1 fully saturated rings. The first kappa shape index (κ1) is 18.1. The normalized spacial score (nSPS) is 23.0. The minimum absolute atomic E-state index is 0.127. The Morgan fingerprint density at radius 1 is 1.00 bits per heavy atom. The monoisotopic (exact) mass is 373 g/mol. The van der Waals surface area contributed by atoms with E-state index < -0.39 is 53.2 Å². The van der Waals surface area contributed by atoms with Crippen LogP contribution >= 0.6 is 0 Å². The summed E-state index contributed by atoms with van der Waals surface area (Å²) in [6.45, 7) is 0. The van der Waals surface area contributed by atoms with Crippen molar-refractivity contribution < 1.29 is 34.4 Å². The Bertz CT molecular complexity index is 757. The summed E-state index contributed by atoms with van der Waals surface area (Å²) < 4.78 is 98.9. The van der Waals surface area contributed by atoms with Crippen LogP contribution in [0.25, 0.3) is 0 Å². The molecular formula is C13H13F4O4S2-. The number of hydrogen-bond acceptors (Lipinski definition) is 4. The van der Waals surface area contributed by atoms with Gasteiger partial charge in [0.05, 0.1) is 9.83 Å². The van der Waals surface area contributed by atoms with Gasteiger partial charge < -0.3 is 0 Å². The fourth-order valence-electron chi connectivity index (χ4n) is 2.47. The van der Waals surface area contributed by atoms with E-state index in [0.29, 0.717) is 0 Å². The van der Waals surface area contributed by atoms with Gasteiger partial charge in [-0.3, -0.25) is 0 Å². The average Bonchev–Trinajstić information content (AvgIpc) is 2.85. The average molecular weight is 373 g/mol. The van der Waals surface area contributed by atoms with E-state index >= 15 is 0 Å². The second kappa shape index (κ2) is 5.97. The minimum Gasteiger partial charge on any atom is -0.247 e. The van der Waals surface area contributed by atoms with Crippen LogP contribution in [0.2, 0.25) is 0 Å². The Labute approximate surface area is 131 Å². The standard InChI is InChI=1S/C13H13F4O4S2/c14-10-6-7-11(8-10)22(18,19)12(9-4-2-1-3-5-9)23(20,21)13(15,16)17/h1-5,10-11H,6-8H2/q-1. The number of alkyl halides is 4. The van der Waals surface area contributed by atoms with Crippen molar-refractivity contribution in [2.45, 2.75) is 36.2 Å². The minimum atomic E-state index is -6.10. The molecule has 1 aromatic rings. The summed E-state index contributed by atoms with van der Waals surface area (Å²) >= 11 is 0. The van der Waals surface area contributed by atoms with Gasteiger partial charge in [0.15, 0.2) is 0 Å². The Morgan fingerprint density at radius 2 is 1.57 bits per heavy atom. The smallest absolute Gasteiger partial charge is 0.247 e.